The second-order valence-corrected chi connectivity index (χ2v) is 11.9. The zero-order valence-corrected chi connectivity index (χ0v) is 27.2. The predicted molar refractivity (Wildman–Crippen MR) is 186 cm³/mol. The molecular formula is C36H46N8O2. The SMILES string of the molecule is CCOCc1nc2c(N)nc3ccccc3c2n1CCCCCCCCCCn1c(COCC)nc2c(N)nc3ccccc3c21. The van der Waals surface area contributed by atoms with Crippen LogP contribution in [0.3, 0.4) is 0 Å². The molecule has 6 aromatic rings. The Balaban J connectivity index is 1.01. The van der Waals surface area contributed by atoms with Crippen molar-refractivity contribution in [2.45, 2.75) is 91.5 Å². The van der Waals surface area contributed by atoms with Gasteiger partial charge in [-0.3, -0.25) is 0 Å². The highest BCUT2D eigenvalue weighted by Gasteiger charge is 2.18. The van der Waals surface area contributed by atoms with Gasteiger partial charge in [0.15, 0.2) is 11.6 Å². The van der Waals surface area contributed by atoms with Crippen molar-refractivity contribution in [2.24, 2.45) is 0 Å². The maximum absolute atomic E-state index is 6.34. The Hall–Kier alpha value is -4.28. The van der Waals surface area contributed by atoms with Crippen molar-refractivity contribution >= 4 is 55.5 Å². The maximum Gasteiger partial charge on any atom is 0.152 e. The fourth-order valence-corrected chi connectivity index (χ4v) is 6.50. The van der Waals surface area contributed by atoms with Gasteiger partial charge >= 0.3 is 0 Å². The van der Waals surface area contributed by atoms with Crippen molar-refractivity contribution < 1.29 is 9.47 Å². The van der Waals surface area contributed by atoms with Crippen LogP contribution in [0.5, 0.6) is 0 Å². The van der Waals surface area contributed by atoms with Gasteiger partial charge in [-0.05, 0) is 38.8 Å². The van der Waals surface area contributed by atoms with Gasteiger partial charge in [0.1, 0.15) is 35.9 Å². The summed E-state index contributed by atoms with van der Waals surface area (Å²) in [7, 11) is 0. The fraction of sp³-hybridized carbons (Fsp3) is 0.444. The second-order valence-electron chi connectivity index (χ2n) is 11.9. The summed E-state index contributed by atoms with van der Waals surface area (Å²) >= 11 is 0. The Morgan fingerprint density at radius 2 is 0.935 bits per heavy atom. The molecule has 0 aliphatic rings. The maximum atomic E-state index is 6.34. The van der Waals surface area contributed by atoms with Crippen molar-refractivity contribution in [1.82, 2.24) is 29.1 Å². The summed E-state index contributed by atoms with van der Waals surface area (Å²) in [6.45, 7) is 8.04. The highest BCUT2D eigenvalue weighted by atomic mass is 16.5. The average Bonchev–Trinajstić information content (AvgIpc) is 3.63. The molecule has 4 N–H and O–H groups in total. The van der Waals surface area contributed by atoms with E-state index in [4.69, 9.17) is 30.9 Å². The number of fused-ring (bicyclic) bond motifs is 6. The molecule has 0 radical (unpaired) electrons. The second kappa shape index (κ2) is 14.9. The minimum atomic E-state index is 0.474. The normalized spacial score (nSPS) is 12.0. The first-order chi connectivity index (χ1) is 22.6. The predicted octanol–water partition coefficient (Wildman–Crippen LogP) is 7.54. The Bertz CT molecular complexity index is 1790. The monoisotopic (exact) mass is 622 g/mol. The summed E-state index contributed by atoms with van der Waals surface area (Å²) in [6, 6.07) is 16.3. The number of rotatable bonds is 17. The van der Waals surface area contributed by atoms with Crippen LogP contribution in [0.15, 0.2) is 48.5 Å². The number of unbranched alkanes of at least 4 members (excludes halogenated alkanes) is 7. The van der Waals surface area contributed by atoms with Crippen molar-refractivity contribution in [2.75, 3.05) is 24.7 Å². The number of anilines is 2. The molecule has 0 saturated heterocycles. The summed E-state index contributed by atoms with van der Waals surface area (Å²) in [5.41, 5.74) is 18.2. The number of nitrogen functional groups attached to an aromatic ring is 2. The lowest BCUT2D eigenvalue weighted by Crippen LogP contribution is -2.07. The number of imidazole rings is 2. The van der Waals surface area contributed by atoms with Gasteiger partial charge in [0, 0.05) is 37.1 Å². The molecule has 0 unspecified atom stereocenters. The van der Waals surface area contributed by atoms with E-state index in [1.54, 1.807) is 0 Å². The number of nitrogens with two attached hydrogens (primary N) is 2. The van der Waals surface area contributed by atoms with Crippen LogP contribution in [-0.2, 0) is 35.8 Å². The van der Waals surface area contributed by atoms with E-state index >= 15 is 0 Å². The standard InChI is InChI=1S/C36H46N8O2/c1-3-45-23-29-41-31-33(25-17-11-13-19-27(25)39-35(31)37)43(29)21-15-9-7-5-6-8-10-16-22-44-30(24-46-4-2)42-32-34(44)26-18-12-14-20-28(26)40-36(32)38/h11-14,17-20H,3-10,15-16,21-24H2,1-2H3,(H2,37,39)(H2,38,40). The Morgan fingerprint density at radius 3 is 1.35 bits per heavy atom. The molecule has 242 valence electrons. The van der Waals surface area contributed by atoms with E-state index in [1.165, 1.54) is 38.5 Å². The third-order valence-corrected chi connectivity index (χ3v) is 8.76. The van der Waals surface area contributed by atoms with Gasteiger partial charge in [0.2, 0.25) is 0 Å². The van der Waals surface area contributed by atoms with Crippen LogP contribution in [0, 0.1) is 0 Å². The Labute approximate surface area is 270 Å². The molecule has 0 atom stereocenters. The van der Waals surface area contributed by atoms with Crippen LogP contribution < -0.4 is 11.5 Å². The van der Waals surface area contributed by atoms with Crippen LogP contribution in [0.25, 0.3) is 43.9 Å². The first-order valence-corrected chi connectivity index (χ1v) is 16.8. The third kappa shape index (κ3) is 6.64. The molecule has 10 nitrogen and oxygen atoms in total. The van der Waals surface area contributed by atoms with Crippen LogP contribution in [-0.4, -0.2) is 42.3 Å². The molecule has 4 aromatic heterocycles. The van der Waals surface area contributed by atoms with Gasteiger partial charge in [-0.2, -0.15) is 0 Å². The fourth-order valence-electron chi connectivity index (χ4n) is 6.50. The summed E-state index contributed by atoms with van der Waals surface area (Å²) < 4.78 is 16.1. The van der Waals surface area contributed by atoms with E-state index < -0.39 is 0 Å². The number of aromatic nitrogens is 6. The van der Waals surface area contributed by atoms with Gasteiger partial charge < -0.3 is 30.1 Å². The molecule has 4 heterocycles. The number of benzene rings is 2. The van der Waals surface area contributed by atoms with Gasteiger partial charge in [0.25, 0.3) is 0 Å². The lowest BCUT2D eigenvalue weighted by atomic mass is 10.1. The third-order valence-electron chi connectivity index (χ3n) is 8.76. The lowest BCUT2D eigenvalue weighted by Gasteiger charge is -2.11. The number of pyridine rings is 2. The van der Waals surface area contributed by atoms with Gasteiger partial charge in [-0.1, -0.05) is 74.9 Å². The van der Waals surface area contributed by atoms with E-state index in [9.17, 15) is 0 Å². The minimum absolute atomic E-state index is 0.474. The molecule has 2 aromatic carbocycles. The molecular weight excluding hydrogens is 576 g/mol. The number of nitrogens with zero attached hydrogens (tertiary/aromatic N) is 6. The zero-order valence-electron chi connectivity index (χ0n) is 27.2. The smallest absolute Gasteiger partial charge is 0.152 e. The number of para-hydroxylation sites is 2. The van der Waals surface area contributed by atoms with Crippen molar-refractivity contribution in [3.63, 3.8) is 0 Å². The molecule has 0 bridgehead atoms. The largest absolute Gasteiger partial charge is 0.382 e. The number of hydrogen-bond acceptors (Lipinski definition) is 8. The first-order valence-electron chi connectivity index (χ1n) is 16.8. The number of aryl methyl sites for hydroxylation is 2. The van der Waals surface area contributed by atoms with E-state index in [0.717, 1.165) is 81.5 Å². The van der Waals surface area contributed by atoms with Crippen LogP contribution in [0.1, 0.15) is 76.9 Å². The summed E-state index contributed by atoms with van der Waals surface area (Å²) in [6.07, 6.45) is 9.46. The summed E-state index contributed by atoms with van der Waals surface area (Å²) in [5.74, 6) is 2.80. The van der Waals surface area contributed by atoms with Gasteiger partial charge in [-0.25, -0.2) is 19.9 Å². The topological polar surface area (TPSA) is 132 Å². The first kappa shape index (κ1) is 31.7. The average molecular weight is 623 g/mol. The Kier molecular flexibility index (Phi) is 10.2. The molecule has 10 heteroatoms. The Morgan fingerprint density at radius 1 is 0.543 bits per heavy atom. The highest BCUT2D eigenvalue weighted by Crippen LogP contribution is 2.31. The molecule has 6 rings (SSSR count). The van der Waals surface area contributed by atoms with E-state index in [-0.39, 0.29) is 0 Å². The molecule has 0 aliphatic carbocycles. The molecule has 0 spiro atoms. The van der Waals surface area contributed by atoms with E-state index in [0.29, 0.717) is 38.1 Å². The molecule has 0 saturated carbocycles. The molecule has 0 amide bonds. The van der Waals surface area contributed by atoms with E-state index in [1.807, 2.05) is 50.2 Å². The molecule has 46 heavy (non-hydrogen) atoms. The quantitative estimate of drug-likeness (QED) is 0.0997. The molecule has 0 aliphatic heterocycles. The zero-order chi connectivity index (χ0) is 31.9. The van der Waals surface area contributed by atoms with Gasteiger partial charge in [0.05, 0.1) is 22.1 Å². The van der Waals surface area contributed by atoms with Crippen LogP contribution in [0.4, 0.5) is 11.6 Å². The highest BCUT2D eigenvalue weighted by molar-refractivity contribution is 6.07. The minimum Gasteiger partial charge on any atom is -0.382 e. The molecule has 0 fully saturated rings. The van der Waals surface area contributed by atoms with Gasteiger partial charge in [-0.15, -0.1) is 0 Å². The van der Waals surface area contributed by atoms with Crippen molar-refractivity contribution in [1.29, 1.82) is 0 Å². The van der Waals surface area contributed by atoms with Crippen molar-refractivity contribution in [3.8, 4) is 0 Å². The summed E-state index contributed by atoms with van der Waals surface area (Å²) in [4.78, 5) is 18.9. The number of hydrogen-bond donors (Lipinski definition) is 2. The summed E-state index contributed by atoms with van der Waals surface area (Å²) in [5, 5.41) is 2.17. The van der Waals surface area contributed by atoms with Crippen LogP contribution in [0.2, 0.25) is 0 Å². The van der Waals surface area contributed by atoms with Crippen LogP contribution >= 0.6 is 0 Å². The lowest BCUT2D eigenvalue weighted by molar-refractivity contribution is 0.126. The van der Waals surface area contributed by atoms with Crippen molar-refractivity contribution in [3.05, 3.63) is 60.2 Å². The number of ether oxygens (including phenoxy) is 2. The van der Waals surface area contributed by atoms with E-state index in [2.05, 4.69) is 31.2 Å².